The largest absolute Gasteiger partial charge is 0.490 e. The number of halogens is 1. The number of rotatable bonds is 5. The van der Waals surface area contributed by atoms with Gasteiger partial charge in [-0.3, -0.25) is 9.59 Å². The summed E-state index contributed by atoms with van der Waals surface area (Å²) >= 11 is 1.19. The van der Waals surface area contributed by atoms with Gasteiger partial charge in [-0.2, -0.15) is 0 Å². The van der Waals surface area contributed by atoms with Gasteiger partial charge in [0.05, 0.1) is 4.88 Å². The average Bonchev–Trinajstić information content (AvgIpc) is 3.12. The molecule has 34 heavy (non-hydrogen) atoms. The van der Waals surface area contributed by atoms with Gasteiger partial charge in [0, 0.05) is 36.1 Å². The smallest absolute Gasteiger partial charge is 0.274 e. The number of hydrogen-bond acceptors (Lipinski definition) is 6. The Morgan fingerprint density at radius 3 is 2.82 bits per heavy atom. The summed E-state index contributed by atoms with van der Waals surface area (Å²) in [7, 11) is 0. The van der Waals surface area contributed by atoms with Crippen LogP contribution in [-0.2, 0) is 6.42 Å². The minimum atomic E-state index is -0.467. The zero-order valence-corrected chi connectivity index (χ0v) is 19.1. The number of nitrogen functional groups attached to an aromatic ring is 1. The van der Waals surface area contributed by atoms with Crippen LogP contribution in [0.3, 0.4) is 0 Å². The molecule has 6 rings (SSSR count). The molecule has 0 spiro atoms. The third-order valence-corrected chi connectivity index (χ3v) is 7.97. The predicted octanol–water partition coefficient (Wildman–Crippen LogP) is 3.63. The lowest BCUT2D eigenvalue weighted by Gasteiger charge is -2.29. The second-order valence-electron chi connectivity index (χ2n) is 9.23. The van der Waals surface area contributed by atoms with Crippen molar-refractivity contribution in [1.82, 2.24) is 9.88 Å². The van der Waals surface area contributed by atoms with Crippen molar-refractivity contribution in [3.63, 3.8) is 0 Å². The van der Waals surface area contributed by atoms with Crippen LogP contribution in [0, 0.1) is 11.7 Å². The van der Waals surface area contributed by atoms with Gasteiger partial charge in [-0.25, -0.2) is 9.37 Å². The maximum Gasteiger partial charge on any atom is 0.274 e. The van der Waals surface area contributed by atoms with Crippen LogP contribution in [-0.4, -0.2) is 39.9 Å². The molecule has 3 aromatic rings. The van der Waals surface area contributed by atoms with Gasteiger partial charge in [0.1, 0.15) is 23.4 Å². The van der Waals surface area contributed by atoms with E-state index in [1.54, 1.807) is 24.3 Å². The first-order valence-electron chi connectivity index (χ1n) is 11.3. The Bertz CT molecular complexity index is 1330. The normalized spacial score (nSPS) is 24.4. The number of thiazole rings is 1. The summed E-state index contributed by atoms with van der Waals surface area (Å²) in [4.78, 5) is 32.4. The number of anilines is 1. The number of piperidine rings is 1. The predicted molar refractivity (Wildman–Crippen MR) is 126 cm³/mol. The van der Waals surface area contributed by atoms with Crippen LogP contribution in [0.4, 0.5) is 9.52 Å². The molecule has 2 aromatic carbocycles. The zero-order chi connectivity index (χ0) is 23.6. The van der Waals surface area contributed by atoms with Crippen LogP contribution in [0.15, 0.2) is 42.5 Å². The highest BCUT2D eigenvalue weighted by Gasteiger charge is 2.55. The molecule has 7 nitrogen and oxygen atoms in total. The van der Waals surface area contributed by atoms with Gasteiger partial charge in [-0.15, -0.1) is 0 Å². The number of fused-ring (bicyclic) bond motifs is 2. The van der Waals surface area contributed by atoms with E-state index in [0.717, 1.165) is 18.4 Å². The number of carbonyl (C=O) groups excluding carboxylic acids is 2. The van der Waals surface area contributed by atoms with Crippen LogP contribution in [0.25, 0.3) is 10.4 Å². The zero-order valence-electron chi connectivity index (χ0n) is 18.2. The Kier molecular flexibility index (Phi) is 4.84. The molecule has 4 N–H and O–H groups in total. The third kappa shape index (κ3) is 3.51. The molecule has 3 aliphatic rings. The minimum Gasteiger partial charge on any atom is -0.490 e. The fourth-order valence-corrected chi connectivity index (χ4v) is 6.34. The second kappa shape index (κ2) is 7.80. The van der Waals surface area contributed by atoms with Crippen molar-refractivity contribution in [2.75, 3.05) is 5.73 Å². The van der Waals surface area contributed by atoms with Gasteiger partial charge < -0.3 is 21.1 Å². The van der Waals surface area contributed by atoms with E-state index >= 15 is 0 Å². The topological polar surface area (TPSA) is 112 Å². The van der Waals surface area contributed by atoms with E-state index in [4.69, 9.17) is 16.2 Å². The number of benzene rings is 2. The Balaban J connectivity index is 1.25. The molecule has 9 heteroatoms. The summed E-state index contributed by atoms with van der Waals surface area (Å²) in [6, 6.07) is 11.6. The van der Waals surface area contributed by atoms with E-state index in [0.29, 0.717) is 40.5 Å². The highest BCUT2D eigenvalue weighted by atomic mass is 32.1. The number of aromatic nitrogens is 1. The molecule has 2 fully saturated rings. The van der Waals surface area contributed by atoms with Crippen LogP contribution >= 0.6 is 11.3 Å². The molecule has 2 aliphatic heterocycles. The fraction of sp³-hybridized carbons (Fsp3) is 0.320. The number of amides is 2. The number of ether oxygens (including phenoxy) is 1. The Morgan fingerprint density at radius 1 is 1.21 bits per heavy atom. The van der Waals surface area contributed by atoms with Crippen molar-refractivity contribution in [1.29, 1.82) is 0 Å². The maximum absolute atomic E-state index is 13.9. The van der Waals surface area contributed by atoms with E-state index in [2.05, 4.69) is 4.98 Å². The van der Waals surface area contributed by atoms with Crippen molar-refractivity contribution in [3.8, 4) is 16.2 Å². The number of nitrogens with two attached hydrogens (primary N) is 2. The first-order valence-corrected chi connectivity index (χ1v) is 12.1. The Labute approximate surface area is 199 Å². The second-order valence-corrected chi connectivity index (χ2v) is 10.3. The van der Waals surface area contributed by atoms with Gasteiger partial charge in [0.15, 0.2) is 5.13 Å². The van der Waals surface area contributed by atoms with Gasteiger partial charge in [0.2, 0.25) is 5.91 Å². The fourth-order valence-electron chi connectivity index (χ4n) is 5.52. The summed E-state index contributed by atoms with van der Waals surface area (Å²) in [6.45, 7) is 0. The van der Waals surface area contributed by atoms with Crippen molar-refractivity contribution < 1.29 is 18.7 Å². The van der Waals surface area contributed by atoms with Gasteiger partial charge in [-0.1, -0.05) is 29.5 Å². The standard InChI is InChI=1S/C25H23FN4O3S/c26-14-4-1-3-12(7-14)22-21(29-25(28)34-22)24(32)30-15(8-13-9-19(13)30)10-16-11-18-17(23(27)31)5-2-6-20(18)33-16/h1-7,13,15-16,19H,8-11H2,(H2,27,31)(H2,28,29)/t13-,15+,16?,19+/m1/s1. The lowest BCUT2D eigenvalue weighted by molar-refractivity contribution is 0.0647. The molecule has 1 aliphatic carbocycles. The van der Waals surface area contributed by atoms with E-state index in [9.17, 15) is 14.0 Å². The van der Waals surface area contributed by atoms with Gasteiger partial charge >= 0.3 is 0 Å². The summed E-state index contributed by atoms with van der Waals surface area (Å²) in [5.74, 6) is 0.148. The molecule has 1 saturated heterocycles. The lowest BCUT2D eigenvalue weighted by atomic mass is 9.97. The van der Waals surface area contributed by atoms with Crippen molar-refractivity contribution in [2.24, 2.45) is 11.7 Å². The van der Waals surface area contributed by atoms with Gasteiger partial charge in [0.25, 0.3) is 5.91 Å². The first kappa shape index (κ1) is 21.1. The molecule has 4 atom stereocenters. The SMILES string of the molecule is NC(=O)c1cccc2c1CC(C[C@@H]1C[C@@H]3C[C@@H]3N1C(=O)c1nc(N)sc1-c1cccc(F)c1)O2. The molecule has 2 amide bonds. The maximum atomic E-state index is 13.9. The molecule has 3 heterocycles. The summed E-state index contributed by atoms with van der Waals surface area (Å²) in [6.07, 6.45) is 2.98. The highest BCUT2D eigenvalue weighted by molar-refractivity contribution is 7.19. The van der Waals surface area contributed by atoms with E-state index in [1.165, 1.54) is 23.5 Å². The third-order valence-electron chi connectivity index (χ3n) is 7.04. The number of hydrogen-bond donors (Lipinski definition) is 2. The minimum absolute atomic E-state index is 0.00382. The molecule has 174 valence electrons. The average molecular weight is 479 g/mol. The molecule has 1 aromatic heterocycles. The monoisotopic (exact) mass is 478 g/mol. The summed E-state index contributed by atoms with van der Waals surface area (Å²) in [5.41, 5.74) is 13.7. The molecule has 0 radical (unpaired) electrons. The quantitative estimate of drug-likeness (QED) is 0.582. The summed E-state index contributed by atoms with van der Waals surface area (Å²) in [5, 5.41) is 0.277. The highest BCUT2D eigenvalue weighted by Crippen LogP contribution is 2.50. The lowest BCUT2D eigenvalue weighted by Crippen LogP contribution is -2.41. The van der Waals surface area contributed by atoms with E-state index in [1.807, 2.05) is 11.0 Å². The van der Waals surface area contributed by atoms with Crippen LogP contribution in [0.1, 0.15) is 45.7 Å². The van der Waals surface area contributed by atoms with Crippen LogP contribution in [0.2, 0.25) is 0 Å². The van der Waals surface area contributed by atoms with E-state index < -0.39 is 5.91 Å². The molecule has 0 bridgehead atoms. The molecular weight excluding hydrogens is 455 g/mol. The van der Waals surface area contributed by atoms with Gasteiger partial charge in [-0.05, 0) is 48.6 Å². The number of likely N-dealkylation sites (tertiary alicyclic amines) is 1. The van der Waals surface area contributed by atoms with Crippen LogP contribution < -0.4 is 16.2 Å². The molecule has 1 saturated carbocycles. The number of carbonyl (C=O) groups is 2. The Morgan fingerprint density at radius 2 is 2.03 bits per heavy atom. The molecular formula is C25H23FN4O3S. The van der Waals surface area contributed by atoms with E-state index in [-0.39, 0.29) is 40.7 Å². The summed E-state index contributed by atoms with van der Waals surface area (Å²) < 4.78 is 20.0. The molecule has 1 unspecified atom stereocenters. The number of primary amides is 1. The van der Waals surface area contributed by atoms with Crippen molar-refractivity contribution >= 4 is 28.3 Å². The number of nitrogens with zero attached hydrogens (tertiary/aromatic N) is 2. The van der Waals surface area contributed by atoms with Crippen molar-refractivity contribution in [2.45, 2.75) is 43.9 Å². The van der Waals surface area contributed by atoms with Crippen LogP contribution in [0.5, 0.6) is 5.75 Å². The van der Waals surface area contributed by atoms with Crippen molar-refractivity contribution in [3.05, 3.63) is 65.1 Å². The first-order chi connectivity index (χ1) is 16.4. The Hall–Kier alpha value is -3.46.